The fourth-order valence-corrected chi connectivity index (χ4v) is 1.19. The van der Waals surface area contributed by atoms with E-state index in [0.717, 1.165) is 19.2 Å². The lowest BCUT2D eigenvalue weighted by Gasteiger charge is -2.04. The molecule has 0 aliphatic rings. The van der Waals surface area contributed by atoms with Crippen LogP contribution in [0, 0.1) is 10.1 Å². The molecule has 1 rings (SSSR count). The number of aromatic hydroxyl groups is 2. The average Bonchev–Trinajstić information content (AvgIpc) is 2.28. The molecule has 0 unspecified atom stereocenters. The fraction of sp³-hybridized carbons (Fsp3) is 0.111. The second-order valence-corrected chi connectivity index (χ2v) is 3.05. The number of nitrogens with zero attached hydrogens (tertiary/aromatic N) is 2. The van der Waals surface area contributed by atoms with E-state index in [1.165, 1.54) is 0 Å². The molecule has 0 aromatic heterocycles. The number of aliphatic carboxylic acids is 1. The Labute approximate surface area is 99.7 Å². The van der Waals surface area contributed by atoms with E-state index in [4.69, 9.17) is 5.11 Å². The summed E-state index contributed by atoms with van der Waals surface area (Å²) >= 11 is 0. The third kappa shape index (κ3) is 2.45. The normalized spacial score (nSPS) is 11.1. The van der Waals surface area contributed by atoms with Gasteiger partial charge >= 0.3 is 11.7 Å². The van der Waals surface area contributed by atoms with Crippen LogP contribution in [-0.2, 0) is 9.63 Å². The molecule has 0 saturated heterocycles. The van der Waals surface area contributed by atoms with Gasteiger partial charge in [-0.3, -0.25) is 10.1 Å². The largest absolute Gasteiger partial charge is 0.504 e. The van der Waals surface area contributed by atoms with Crippen molar-refractivity contribution in [3.8, 4) is 11.5 Å². The smallest absolute Gasteiger partial charge is 0.358 e. The van der Waals surface area contributed by atoms with Gasteiger partial charge in [-0.05, 0) is 6.07 Å². The first-order valence-corrected chi connectivity index (χ1v) is 4.43. The molecule has 0 fully saturated rings. The first-order valence-electron chi connectivity index (χ1n) is 4.43. The highest BCUT2D eigenvalue weighted by Crippen LogP contribution is 2.36. The van der Waals surface area contributed by atoms with Crippen molar-refractivity contribution < 1.29 is 29.9 Å². The van der Waals surface area contributed by atoms with Crippen molar-refractivity contribution in [1.29, 1.82) is 0 Å². The van der Waals surface area contributed by atoms with Gasteiger partial charge in [-0.2, -0.15) is 0 Å². The Balaban J connectivity index is 3.47. The summed E-state index contributed by atoms with van der Waals surface area (Å²) in [7, 11) is 1.09. The number of carboxylic acids is 1. The number of carbonyl (C=O) groups is 1. The van der Waals surface area contributed by atoms with Crippen molar-refractivity contribution in [2.75, 3.05) is 7.11 Å². The second kappa shape index (κ2) is 4.99. The molecule has 1 aromatic rings. The number of benzene rings is 1. The molecule has 0 aliphatic heterocycles. The lowest BCUT2D eigenvalue weighted by molar-refractivity contribution is -0.386. The molecule has 0 bridgehead atoms. The molecule has 0 radical (unpaired) electrons. The summed E-state index contributed by atoms with van der Waals surface area (Å²) in [5, 5.41) is 41.1. The maximum absolute atomic E-state index is 10.8. The molecule has 0 atom stereocenters. The third-order valence-electron chi connectivity index (χ3n) is 1.92. The van der Waals surface area contributed by atoms with Gasteiger partial charge in [-0.1, -0.05) is 5.16 Å². The number of nitro groups is 1. The van der Waals surface area contributed by atoms with E-state index >= 15 is 0 Å². The fourth-order valence-electron chi connectivity index (χ4n) is 1.19. The van der Waals surface area contributed by atoms with E-state index in [2.05, 4.69) is 9.99 Å². The number of nitro benzene ring substituents is 1. The first-order chi connectivity index (χ1) is 8.38. The molecule has 0 amide bonds. The molecule has 18 heavy (non-hydrogen) atoms. The lowest BCUT2D eigenvalue weighted by Crippen LogP contribution is -2.15. The molecule has 0 saturated carbocycles. The Kier molecular flexibility index (Phi) is 3.67. The van der Waals surface area contributed by atoms with E-state index in [-0.39, 0.29) is 5.56 Å². The van der Waals surface area contributed by atoms with E-state index < -0.39 is 33.8 Å². The topological polar surface area (TPSA) is 142 Å². The van der Waals surface area contributed by atoms with Gasteiger partial charge in [0.05, 0.1) is 4.92 Å². The number of hydrogen-bond acceptors (Lipinski definition) is 7. The van der Waals surface area contributed by atoms with Crippen LogP contribution in [0.3, 0.4) is 0 Å². The molecular formula is C9H8N2O7. The number of carboxylic acid groups (broad SMARTS) is 1. The maximum atomic E-state index is 10.8. The van der Waals surface area contributed by atoms with E-state index in [1.54, 1.807) is 0 Å². The van der Waals surface area contributed by atoms with Gasteiger partial charge in [0.2, 0.25) is 5.75 Å². The summed E-state index contributed by atoms with van der Waals surface area (Å²) in [6.45, 7) is 0. The van der Waals surface area contributed by atoms with Crippen molar-refractivity contribution in [2.24, 2.45) is 5.16 Å². The number of rotatable bonds is 4. The zero-order chi connectivity index (χ0) is 13.9. The van der Waals surface area contributed by atoms with Gasteiger partial charge in [-0.25, -0.2) is 4.79 Å². The quantitative estimate of drug-likeness (QED) is 0.307. The molecule has 0 aliphatic carbocycles. The number of oxime groups is 1. The highest BCUT2D eigenvalue weighted by Gasteiger charge is 2.23. The highest BCUT2D eigenvalue weighted by atomic mass is 16.6. The van der Waals surface area contributed by atoms with Gasteiger partial charge < -0.3 is 20.2 Å². The van der Waals surface area contributed by atoms with Gasteiger partial charge in [0, 0.05) is 11.6 Å². The minimum absolute atomic E-state index is 0.272. The van der Waals surface area contributed by atoms with Crippen LogP contribution in [0.4, 0.5) is 5.69 Å². The van der Waals surface area contributed by atoms with E-state index in [9.17, 15) is 25.1 Å². The molecule has 0 spiro atoms. The zero-order valence-electron chi connectivity index (χ0n) is 9.02. The van der Waals surface area contributed by atoms with Crippen LogP contribution in [0.2, 0.25) is 0 Å². The van der Waals surface area contributed by atoms with Gasteiger partial charge in [0.25, 0.3) is 0 Å². The summed E-state index contributed by atoms with van der Waals surface area (Å²) in [6.07, 6.45) is 0. The minimum Gasteiger partial charge on any atom is -0.504 e. The van der Waals surface area contributed by atoms with Gasteiger partial charge in [0.15, 0.2) is 11.5 Å². The predicted molar refractivity (Wildman–Crippen MR) is 57.6 cm³/mol. The number of phenolic OH excluding ortho intramolecular Hbond substituents is 2. The van der Waals surface area contributed by atoms with Crippen LogP contribution >= 0.6 is 0 Å². The molecule has 3 N–H and O–H groups in total. The zero-order valence-corrected chi connectivity index (χ0v) is 9.02. The van der Waals surface area contributed by atoms with Crippen LogP contribution in [-0.4, -0.2) is 39.0 Å². The molecule has 1 aromatic carbocycles. The van der Waals surface area contributed by atoms with E-state index in [1.807, 2.05) is 0 Å². The lowest BCUT2D eigenvalue weighted by atomic mass is 10.1. The van der Waals surface area contributed by atoms with Crippen LogP contribution in [0.25, 0.3) is 0 Å². The Morgan fingerprint density at radius 1 is 1.44 bits per heavy atom. The molecule has 9 nitrogen and oxygen atoms in total. The third-order valence-corrected chi connectivity index (χ3v) is 1.92. The summed E-state index contributed by atoms with van der Waals surface area (Å²) < 4.78 is 0. The molecule has 96 valence electrons. The highest BCUT2D eigenvalue weighted by molar-refractivity contribution is 6.42. The van der Waals surface area contributed by atoms with Crippen LogP contribution < -0.4 is 0 Å². The number of hydrogen-bond donors (Lipinski definition) is 3. The predicted octanol–water partition coefficient (Wildman–Crippen LogP) is 0.441. The standard InChI is InChI=1S/C9H8N2O7/c1-18-10-7(9(14)15)4-2-5(11(16)17)8(13)6(12)3-4/h2-3,12-13H,1H3,(H,14,15). The Morgan fingerprint density at radius 2 is 2.06 bits per heavy atom. The summed E-state index contributed by atoms with van der Waals surface area (Å²) in [5.74, 6) is -3.29. The van der Waals surface area contributed by atoms with Crippen LogP contribution in [0.15, 0.2) is 17.3 Å². The van der Waals surface area contributed by atoms with Crippen molar-refractivity contribution >= 4 is 17.4 Å². The minimum atomic E-state index is -1.50. The SMILES string of the molecule is CON=C(C(=O)O)c1cc(O)c(O)c([N+](=O)[O-])c1. The van der Waals surface area contributed by atoms with Crippen LogP contribution in [0.1, 0.15) is 5.56 Å². The first kappa shape index (κ1) is 13.2. The Morgan fingerprint density at radius 3 is 2.50 bits per heavy atom. The van der Waals surface area contributed by atoms with Crippen molar-refractivity contribution in [3.05, 3.63) is 27.8 Å². The monoisotopic (exact) mass is 256 g/mol. The van der Waals surface area contributed by atoms with Gasteiger partial charge in [0.1, 0.15) is 7.11 Å². The Hall–Kier alpha value is -2.84. The Bertz CT molecular complexity index is 538. The molecule has 0 heterocycles. The summed E-state index contributed by atoms with van der Waals surface area (Å²) in [4.78, 5) is 24.8. The van der Waals surface area contributed by atoms with Crippen molar-refractivity contribution in [2.45, 2.75) is 0 Å². The molecular weight excluding hydrogens is 248 g/mol. The second-order valence-electron chi connectivity index (χ2n) is 3.05. The summed E-state index contributed by atoms with van der Waals surface area (Å²) in [5.41, 5.74) is -1.75. The van der Waals surface area contributed by atoms with Crippen LogP contribution in [0.5, 0.6) is 11.5 Å². The average molecular weight is 256 g/mol. The molecule has 9 heteroatoms. The van der Waals surface area contributed by atoms with Crippen molar-refractivity contribution in [1.82, 2.24) is 0 Å². The van der Waals surface area contributed by atoms with Gasteiger partial charge in [-0.15, -0.1) is 0 Å². The van der Waals surface area contributed by atoms with Crippen molar-refractivity contribution in [3.63, 3.8) is 0 Å². The van der Waals surface area contributed by atoms with E-state index in [0.29, 0.717) is 0 Å². The summed E-state index contributed by atoms with van der Waals surface area (Å²) in [6, 6.07) is 1.59. The number of phenols is 2. The maximum Gasteiger partial charge on any atom is 0.358 e.